The molecule has 3 rings (SSSR count). The van der Waals surface area contributed by atoms with Gasteiger partial charge in [0, 0.05) is 17.2 Å². The first kappa shape index (κ1) is 24.0. The van der Waals surface area contributed by atoms with Crippen molar-refractivity contribution >= 4 is 11.0 Å². The summed E-state index contributed by atoms with van der Waals surface area (Å²) in [6.07, 6.45) is 4.10. The average Bonchev–Trinajstić information content (AvgIpc) is 2.71. The monoisotopic (exact) mass is 456 g/mol. The van der Waals surface area contributed by atoms with Crippen molar-refractivity contribution < 1.29 is 35.1 Å². The molecule has 0 fully saturated rings. The lowest BCUT2D eigenvalue weighted by atomic mass is 9.98. The molecule has 0 aliphatic heterocycles. The standard InChI is InChI=1S/C25H28O8/c1-13(5-4-10-25(2,3)32)6-8-15-17(27)12-19-20(21(15)29)22(30)23(31)24(33-19)14-7-9-16(26)18(28)11-14/h6-7,9,11-12,26-29,31-32H,4-5,8,10H2,1-3H3/b13-6+. The van der Waals surface area contributed by atoms with Crippen molar-refractivity contribution in [2.75, 3.05) is 0 Å². The van der Waals surface area contributed by atoms with Crippen LogP contribution in [0, 0.1) is 0 Å². The first-order valence-electron chi connectivity index (χ1n) is 10.5. The molecule has 8 heteroatoms. The summed E-state index contributed by atoms with van der Waals surface area (Å²) in [5, 5.41) is 60.3. The molecule has 176 valence electrons. The summed E-state index contributed by atoms with van der Waals surface area (Å²) in [6.45, 7) is 5.39. The van der Waals surface area contributed by atoms with Crippen molar-refractivity contribution in [1.82, 2.24) is 0 Å². The van der Waals surface area contributed by atoms with E-state index in [9.17, 15) is 35.4 Å². The molecule has 0 bridgehead atoms. The van der Waals surface area contributed by atoms with Crippen LogP contribution in [0.1, 0.15) is 45.6 Å². The van der Waals surface area contributed by atoms with Gasteiger partial charge in [0.1, 0.15) is 22.5 Å². The first-order chi connectivity index (χ1) is 15.4. The van der Waals surface area contributed by atoms with Gasteiger partial charge in [0.15, 0.2) is 17.3 Å². The number of aliphatic hydroxyl groups is 1. The third-order valence-electron chi connectivity index (χ3n) is 5.47. The normalized spacial score (nSPS) is 12.4. The number of rotatable bonds is 7. The van der Waals surface area contributed by atoms with Gasteiger partial charge in [0.25, 0.3) is 0 Å². The number of aromatic hydroxyl groups is 5. The molecular weight excluding hydrogens is 428 g/mol. The average molecular weight is 456 g/mol. The van der Waals surface area contributed by atoms with Crippen molar-refractivity contribution in [3.05, 3.63) is 51.7 Å². The number of phenols is 4. The highest BCUT2D eigenvalue weighted by Crippen LogP contribution is 2.40. The molecule has 0 saturated carbocycles. The van der Waals surface area contributed by atoms with Crippen LogP contribution in [0.3, 0.4) is 0 Å². The van der Waals surface area contributed by atoms with Crippen LogP contribution in [-0.4, -0.2) is 36.2 Å². The zero-order valence-corrected chi connectivity index (χ0v) is 18.7. The summed E-state index contributed by atoms with van der Waals surface area (Å²) in [7, 11) is 0. The van der Waals surface area contributed by atoms with E-state index in [1.165, 1.54) is 18.2 Å². The number of phenolic OH excluding ortho intramolecular Hbond substituents is 4. The van der Waals surface area contributed by atoms with Crippen LogP contribution in [0.15, 0.2) is 45.1 Å². The SMILES string of the molecule is C/C(=C\Cc1c(O)cc2oc(-c3ccc(O)c(O)c3)c(O)c(=O)c2c1O)CCCC(C)(C)O. The summed E-state index contributed by atoms with van der Waals surface area (Å²) in [5.41, 5.74) is -0.562. The second-order valence-corrected chi connectivity index (χ2v) is 8.83. The van der Waals surface area contributed by atoms with Crippen molar-refractivity contribution in [1.29, 1.82) is 0 Å². The number of allylic oxidation sites excluding steroid dienone is 2. The van der Waals surface area contributed by atoms with Gasteiger partial charge in [-0.2, -0.15) is 0 Å². The summed E-state index contributed by atoms with van der Waals surface area (Å²) >= 11 is 0. The molecule has 2 aromatic carbocycles. The van der Waals surface area contributed by atoms with Crippen molar-refractivity contribution in [3.63, 3.8) is 0 Å². The number of fused-ring (bicyclic) bond motifs is 1. The Bertz CT molecular complexity index is 1280. The fourth-order valence-electron chi connectivity index (χ4n) is 3.59. The minimum atomic E-state index is -0.900. The van der Waals surface area contributed by atoms with Crippen LogP contribution in [0.5, 0.6) is 28.7 Å². The molecule has 0 radical (unpaired) electrons. The predicted octanol–water partition coefficient (Wildman–Crippen LogP) is 4.42. The molecule has 0 aliphatic rings. The van der Waals surface area contributed by atoms with E-state index >= 15 is 0 Å². The Labute approximate surface area is 190 Å². The Kier molecular flexibility index (Phi) is 6.60. The maximum absolute atomic E-state index is 12.8. The van der Waals surface area contributed by atoms with Gasteiger partial charge in [0.05, 0.1) is 5.60 Å². The topological polar surface area (TPSA) is 152 Å². The van der Waals surface area contributed by atoms with Crippen LogP contribution >= 0.6 is 0 Å². The van der Waals surface area contributed by atoms with Crippen LogP contribution in [0.2, 0.25) is 0 Å². The third kappa shape index (κ3) is 5.23. The molecule has 0 saturated heterocycles. The van der Waals surface area contributed by atoms with Crippen molar-refractivity contribution in [3.8, 4) is 40.1 Å². The zero-order chi connectivity index (χ0) is 24.5. The quantitative estimate of drug-likeness (QED) is 0.226. The first-order valence-corrected chi connectivity index (χ1v) is 10.5. The van der Waals surface area contributed by atoms with E-state index < -0.39 is 28.3 Å². The molecule has 0 amide bonds. The maximum Gasteiger partial charge on any atom is 0.238 e. The fraction of sp³-hybridized carbons (Fsp3) is 0.320. The van der Waals surface area contributed by atoms with Gasteiger partial charge in [-0.25, -0.2) is 0 Å². The van der Waals surface area contributed by atoms with Gasteiger partial charge in [-0.15, -0.1) is 0 Å². The van der Waals surface area contributed by atoms with Crippen LogP contribution < -0.4 is 5.43 Å². The van der Waals surface area contributed by atoms with Gasteiger partial charge in [-0.3, -0.25) is 4.79 Å². The lowest BCUT2D eigenvalue weighted by Crippen LogP contribution is -2.17. The highest BCUT2D eigenvalue weighted by atomic mass is 16.4. The van der Waals surface area contributed by atoms with Gasteiger partial charge in [0.2, 0.25) is 11.2 Å². The summed E-state index contributed by atoms with van der Waals surface area (Å²) in [6, 6.07) is 4.80. The lowest BCUT2D eigenvalue weighted by Gasteiger charge is -2.16. The van der Waals surface area contributed by atoms with E-state index in [2.05, 4.69) is 0 Å². The summed E-state index contributed by atoms with van der Waals surface area (Å²) in [4.78, 5) is 12.8. The van der Waals surface area contributed by atoms with E-state index in [0.29, 0.717) is 6.42 Å². The second-order valence-electron chi connectivity index (χ2n) is 8.83. The Morgan fingerprint density at radius 1 is 1.00 bits per heavy atom. The van der Waals surface area contributed by atoms with E-state index in [4.69, 9.17) is 4.42 Å². The van der Waals surface area contributed by atoms with Crippen LogP contribution in [0.25, 0.3) is 22.3 Å². The van der Waals surface area contributed by atoms with E-state index in [-0.39, 0.29) is 45.8 Å². The van der Waals surface area contributed by atoms with E-state index in [1.54, 1.807) is 13.8 Å². The van der Waals surface area contributed by atoms with Gasteiger partial charge >= 0.3 is 0 Å². The second kappa shape index (κ2) is 9.07. The largest absolute Gasteiger partial charge is 0.507 e. The molecule has 33 heavy (non-hydrogen) atoms. The van der Waals surface area contributed by atoms with Crippen molar-refractivity contribution in [2.24, 2.45) is 0 Å². The molecular formula is C25H28O8. The highest BCUT2D eigenvalue weighted by Gasteiger charge is 2.22. The Morgan fingerprint density at radius 2 is 1.70 bits per heavy atom. The smallest absolute Gasteiger partial charge is 0.238 e. The molecule has 0 spiro atoms. The Hall–Kier alpha value is -3.65. The summed E-state index contributed by atoms with van der Waals surface area (Å²) in [5.74, 6) is -2.69. The van der Waals surface area contributed by atoms with Gasteiger partial charge < -0.3 is 35.1 Å². The van der Waals surface area contributed by atoms with Gasteiger partial charge in [-0.05, 0) is 64.7 Å². The van der Waals surface area contributed by atoms with E-state index in [1.807, 2.05) is 13.0 Å². The molecule has 0 atom stereocenters. The molecule has 6 N–H and O–H groups in total. The molecule has 0 unspecified atom stereocenters. The number of hydrogen-bond acceptors (Lipinski definition) is 8. The Morgan fingerprint density at radius 3 is 2.33 bits per heavy atom. The molecule has 1 heterocycles. The molecule has 8 nitrogen and oxygen atoms in total. The maximum atomic E-state index is 12.8. The minimum Gasteiger partial charge on any atom is -0.507 e. The minimum absolute atomic E-state index is 0.117. The predicted molar refractivity (Wildman–Crippen MR) is 124 cm³/mol. The van der Waals surface area contributed by atoms with Crippen LogP contribution in [0.4, 0.5) is 0 Å². The molecule has 1 aromatic heterocycles. The van der Waals surface area contributed by atoms with Crippen molar-refractivity contribution in [2.45, 2.75) is 52.1 Å². The van der Waals surface area contributed by atoms with E-state index in [0.717, 1.165) is 24.5 Å². The lowest BCUT2D eigenvalue weighted by molar-refractivity contribution is 0.0689. The third-order valence-corrected chi connectivity index (χ3v) is 5.47. The highest BCUT2D eigenvalue weighted by molar-refractivity contribution is 5.90. The van der Waals surface area contributed by atoms with Gasteiger partial charge in [-0.1, -0.05) is 11.6 Å². The van der Waals surface area contributed by atoms with Crippen LogP contribution in [-0.2, 0) is 6.42 Å². The molecule has 0 aliphatic carbocycles. The summed E-state index contributed by atoms with van der Waals surface area (Å²) < 4.78 is 5.58. The molecule has 3 aromatic rings. The Balaban J connectivity index is 1.98. The number of hydrogen-bond donors (Lipinski definition) is 6. The zero-order valence-electron chi connectivity index (χ0n) is 18.7. The number of benzene rings is 2. The fourth-order valence-corrected chi connectivity index (χ4v) is 3.59.